The first-order chi connectivity index (χ1) is 15.4. The minimum Gasteiger partial charge on any atom is -0.493 e. The van der Waals surface area contributed by atoms with Crippen LogP contribution in [0, 0.1) is 0 Å². The number of nitrogens with zero attached hydrogens (tertiary/aromatic N) is 5. The van der Waals surface area contributed by atoms with E-state index in [1.807, 2.05) is 31.1 Å². The fourth-order valence-corrected chi connectivity index (χ4v) is 5.97. The van der Waals surface area contributed by atoms with E-state index in [4.69, 9.17) is 0 Å². The molecule has 0 atom stereocenters. The maximum absolute atomic E-state index is 13.4. The van der Waals surface area contributed by atoms with Gasteiger partial charge in [0.15, 0.2) is 10.3 Å². The molecule has 11 heteroatoms. The third-order valence-electron chi connectivity index (χ3n) is 5.71. The summed E-state index contributed by atoms with van der Waals surface area (Å²) in [6.45, 7) is 0.935. The molecule has 0 saturated carbocycles. The molecule has 2 aromatic heterocycles. The number of anilines is 1. The highest BCUT2D eigenvalue weighted by molar-refractivity contribution is 7.99. The van der Waals surface area contributed by atoms with E-state index in [1.54, 1.807) is 12.1 Å². The molecule has 1 aromatic carbocycles. The molecule has 0 radical (unpaired) electrons. The number of aromatic hydroxyl groups is 2. The number of hydrogen-bond acceptors (Lipinski definition) is 9. The van der Waals surface area contributed by atoms with Gasteiger partial charge in [-0.05, 0) is 17.7 Å². The largest absolute Gasteiger partial charge is 0.493 e. The first-order valence-corrected chi connectivity index (χ1v) is 12.0. The third kappa shape index (κ3) is 3.27. The van der Waals surface area contributed by atoms with Crippen molar-refractivity contribution in [2.24, 2.45) is 0 Å². The molecule has 0 amide bonds. The second-order valence-electron chi connectivity index (χ2n) is 7.79. The average Bonchev–Trinajstić information content (AvgIpc) is 3.42. The third-order valence-corrected chi connectivity index (χ3v) is 7.62. The van der Waals surface area contributed by atoms with Crippen LogP contribution in [0.25, 0.3) is 0 Å². The van der Waals surface area contributed by atoms with Gasteiger partial charge in [-0.15, -0.1) is 0 Å². The van der Waals surface area contributed by atoms with Gasteiger partial charge in [0.25, 0.3) is 11.1 Å². The van der Waals surface area contributed by atoms with Crippen LogP contribution in [0.1, 0.15) is 22.6 Å². The van der Waals surface area contributed by atoms with Crippen LogP contribution in [0.4, 0.5) is 5.69 Å². The van der Waals surface area contributed by atoms with Crippen LogP contribution in [0.5, 0.6) is 11.8 Å². The number of fused-ring (bicyclic) bond motifs is 2. The van der Waals surface area contributed by atoms with Crippen molar-refractivity contribution in [3.8, 4) is 11.8 Å². The van der Waals surface area contributed by atoms with Gasteiger partial charge in [-0.1, -0.05) is 35.7 Å². The van der Waals surface area contributed by atoms with Gasteiger partial charge >= 0.3 is 0 Å². The molecule has 166 valence electrons. The smallest absolute Gasteiger partial charge is 0.262 e. The summed E-state index contributed by atoms with van der Waals surface area (Å²) < 4.78 is 3.01. The second kappa shape index (κ2) is 7.89. The molecule has 0 unspecified atom stereocenters. The Kier molecular flexibility index (Phi) is 5.17. The maximum Gasteiger partial charge on any atom is 0.262 e. The molecule has 2 N–H and O–H groups in total. The highest BCUT2D eigenvalue weighted by Crippen LogP contribution is 2.39. The van der Waals surface area contributed by atoms with E-state index < -0.39 is 28.8 Å². The van der Waals surface area contributed by atoms with Gasteiger partial charge in [-0.2, -0.15) is 9.97 Å². The van der Waals surface area contributed by atoms with E-state index in [0.717, 1.165) is 5.69 Å². The van der Waals surface area contributed by atoms with E-state index in [1.165, 1.54) is 32.7 Å². The minimum absolute atomic E-state index is 0.0331. The van der Waals surface area contributed by atoms with Gasteiger partial charge in [-0.25, -0.2) is 0 Å². The van der Waals surface area contributed by atoms with Crippen LogP contribution in [0.15, 0.2) is 44.2 Å². The summed E-state index contributed by atoms with van der Waals surface area (Å²) in [6.07, 6.45) is 0. The monoisotopic (exact) mass is 471 g/mol. The Bertz CT molecular complexity index is 1260. The predicted octanol–water partition coefficient (Wildman–Crippen LogP) is 1.67. The van der Waals surface area contributed by atoms with Crippen LogP contribution in [-0.4, -0.2) is 54.9 Å². The Labute approximate surface area is 191 Å². The van der Waals surface area contributed by atoms with Crippen molar-refractivity contribution in [1.82, 2.24) is 19.1 Å². The molecule has 0 spiro atoms. The zero-order valence-electron chi connectivity index (χ0n) is 17.5. The molecule has 5 rings (SSSR count). The summed E-state index contributed by atoms with van der Waals surface area (Å²) >= 11 is 2.78. The summed E-state index contributed by atoms with van der Waals surface area (Å²) in [5.41, 5.74) is 0.608. The molecular formula is C21H21N5O4S2. The average molecular weight is 472 g/mol. The normalized spacial score (nSPS) is 14.6. The van der Waals surface area contributed by atoms with Gasteiger partial charge < -0.3 is 15.1 Å². The van der Waals surface area contributed by atoms with Crippen LogP contribution < -0.4 is 16.0 Å². The molecule has 32 heavy (non-hydrogen) atoms. The van der Waals surface area contributed by atoms with Crippen LogP contribution >= 0.6 is 23.5 Å². The zero-order chi connectivity index (χ0) is 22.6. The summed E-state index contributed by atoms with van der Waals surface area (Å²) in [5.74, 6) is -0.525. The van der Waals surface area contributed by atoms with Crippen LogP contribution in [-0.2, 0) is 13.1 Å². The molecule has 0 fully saturated rings. The summed E-state index contributed by atoms with van der Waals surface area (Å²) in [6, 6.07) is 7.30. The number of thioether (sulfide) groups is 2. The SMILES string of the molecule is CN(C)c1ccc(C(c2c(O)nc3n(c2=O)CCS3)c2c(O)nc3n(c2=O)CCS3)cc1. The lowest BCUT2D eigenvalue weighted by Gasteiger charge is -2.21. The molecule has 0 saturated heterocycles. The van der Waals surface area contributed by atoms with Gasteiger partial charge in [0.2, 0.25) is 11.8 Å². The second-order valence-corrected chi connectivity index (χ2v) is 9.92. The van der Waals surface area contributed by atoms with Crippen molar-refractivity contribution in [1.29, 1.82) is 0 Å². The lowest BCUT2D eigenvalue weighted by Crippen LogP contribution is -2.32. The zero-order valence-corrected chi connectivity index (χ0v) is 19.1. The predicted molar refractivity (Wildman–Crippen MR) is 123 cm³/mol. The Morgan fingerprint density at radius 3 is 1.78 bits per heavy atom. The number of aromatic nitrogens is 4. The lowest BCUT2D eigenvalue weighted by molar-refractivity contribution is 0.414. The Hall–Kier alpha value is -2.92. The molecule has 0 aliphatic carbocycles. The molecule has 0 bridgehead atoms. The maximum atomic E-state index is 13.4. The Morgan fingerprint density at radius 1 is 0.875 bits per heavy atom. The minimum atomic E-state index is -1.02. The van der Waals surface area contributed by atoms with E-state index in [9.17, 15) is 19.8 Å². The fourth-order valence-electron chi connectivity index (χ4n) is 4.10. The van der Waals surface area contributed by atoms with Crippen LogP contribution in [0.3, 0.4) is 0 Å². The van der Waals surface area contributed by atoms with E-state index in [0.29, 0.717) is 40.5 Å². The molecule has 4 heterocycles. The van der Waals surface area contributed by atoms with Crippen molar-refractivity contribution < 1.29 is 10.2 Å². The summed E-state index contributed by atoms with van der Waals surface area (Å²) in [5, 5.41) is 22.5. The lowest BCUT2D eigenvalue weighted by atomic mass is 9.86. The topological polar surface area (TPSA) is 113 Å². The molecular weight excluding hydrogens is 450 g/mol. The molecule has 2 aliphatic heterocycles. The highest BCUT2D eigenvalue weighted by atomic mass is 32.2. The van der Waals surface area contributed by atoms with Gasteiger partial charge in [0.05, 0.1) is 17.0 Å². The number of benzene rings is 1. The van der Waals surface area contributed by atoms with Crippen molar-refractivity contribution in [2.75, 3.05) is 30.5 Å². The van der Waals surface area contributed by atoms with Gasteiger partial charge in [0, 0.05) is 44.4 Å². The first-order valence-electron chi connectivity index (χ1n) is 10.1. The van der Waals surface area contributed by atoms with E-state index in [2.05, 4.69) is 9.97 Å². The Balaban J connectivity index is 1.80. The van der Waals surface area contributed by atoms with Gasteiger partial charge in [0.1, 0.15) is 0 Å². The fraction of sp³-hybridized carbons (Fsp3) is 0.333. The number of rotatable bonds is 4. The summed E-state index contributed by atoms with van der Waals surface area (Å²) in [7, 11) is 3.82. The summed E-state index contributed by atoms with van der Waals surface area (Å²) in [4.78, 5) is 37.2. The van der Waals surface area contributed by atoms with Crippen molar-refractivity contribution in [3.05, 3.63) is 61.7 Å². The van der Waals surface area contributed by atoms with Crippen molar-refractivity contribution >= 4 is 29.2 Å². The van der Waals surface area contributed by atoms with E-state index >= 15 is 0 Å². The van der Waals surface area contributed by atoms with E-state index in [-0.39, 0.29) is 11.1 Å². The first kappa shape index (κ1) is 21.0. The highest BCUT2D eigenvalue weighted by Gasteiger charge is 2.34. The quantitative estimate of drug-likeness (QED) is 0.549. The molecule has 9 nitrogen and oxygen atoms in total. The molecule has 3 aromatic rings. The molecule has 2 aliphatic rings. The number of hydrogen-bond donors (Lipinski definition) is 2. The van der Waals surface area contributed by atoms with Crippen LogP contribution in [0.2, 0.25) is 0 Å². The van der Waals surface area contributed by atoms with Gasteiger partial charge in [-0.3, -0.25) is 18.7 Å². The standard InChI is InChI=1S/C21H21N5O4S2/c1-24(2)12-5-3-11(4-6-12)13(14-16(27)22-20-25(18(14)29)7-9-31-20)15-17(28)23-21-26(19(15)30)8-10-32-21/h3-6,13,27-28H,7-10H2,1-2H3. The Morgan fingerprint density at radius 2 is 1.34 bits per heavy atom. The van der Waals surface area contributed by atoms with Crippen molar-refractivity contribution in [3.63, 3.8) is 0 Å². The van der Waals surface area contributed by atoms with Crippen molar-refractivity contribution in [2.45, 2.75) is 29.3 Å².